The number of ether oxygens (including phenoxy) is 2. The lowest BCUT2D eigenvalue weighted by atomic mass is 10.1. The van der Waals surface area contributed by atoms with Gasteiger partial charge in [0.05, 0.1) is 6.61 Å². The number of carbonyl (C=O) groups excluding carboxylic acids is 1. The monoisotopic (exact) mass is 327 g/mol. The summed E-state index contributed by atoms with van der Waals surface area (Å²) in [6.45, 7) is 0.269. The molecule has 19 heavy (non-hydrogen) atoms. The molecule has 1 rings (SSSR count). The lowest BCUT2D eigenvalue weighted by Gasteiger charge is -2.03. The van der Waals surface area contributed by atoms with Crippen molar-refractivity contribution < 1.29 is 18.7 Å². The maximum absolute atomic E-state index is 13.5. The smallest absolute Gasteiger partial charge is 0.348 e. The number of benzene rings is 1. The molecule has 0 aliphatic rings. The van der Waals surface area contributed by atoms with Crippen LogP contribution in [0.15, 0.2) is 28.2 Å². The van der Waals surface area contributed by atoms with E-state index in [4.69, 9.17) is 14.7 Å². The largest absolute Gasteiger partial charge is 0.459 e. The Kier molecular flexibility index (Phi) is 6.19. The molecule has 0 amide bonds. The number of hydrogen-bond donors (Lipinski definition) is 0. The molecular formula is C13H11BrFNO3. The molecule has 0 saturated heterocycles. The fraction of sp³-hybridized carbons (Fsp3) is 0.231. The highest BCUT2D eigenvalue weighted by Gasteiger charge is 2.12. The van der Waals surface area contributed by atoms with Gasteiger partial charge in [0.15, 0.2) is 0 Å². The van der Waals surface area contributed by atoms with Gasteiger partial charge in [-0.25, -0.2) is 9.18 Å². The van der Waals surface area contributed by atoms with Crippen LogP contribution < -0.4 is 0 Å². The van der Waals surface area contributed by atoms with Crippen molar-refractivity contribution in [2.45, 2.75) is 0 Å². The normalized spacial score (nSPS) is 10.9. The molecule has 6 heteroatoms. The molecule has 1 aromatic rings. The van der Waals surface area contributed by atoms with E-state index in [1.165, 1.54) is 25.3 Å². The van der Waals surface area contributed by atoms with Gasteiger partial charge in [0.1, 0.15) is 24.1 Å². The molecule has 0 spiro atoms. The van der Waals surface area contributed by atoms with Crippen LogP contribution >= 0.6 is 15.9 Å². The molecule has 0 unspecified atom stereocenters. The molecular weight excluding hydrogens is 317 g/mol. The molecule has 0 aliphatic carbocycles. The number of nitrogens with zero attached hydrogens (tertiary/aromatic N) is 1. The van der Waals surface area contributed by atoms with E-state index >= 15 is 0 Å². The van der Waals surface area contributed by atoms with Gasteiger partial charge < -0.3 is 9.47 Å². The number of halogens is 2. The zero-order valence-electron chi connectivity index (χ0n) is 10.2. The standard InChI is InChI=1S/C13H11BrFNO3/c1-18-4-5-19-13(17)10(8-16)6-9-7-11(14)2-3-12(9)15/h2-3,6-7H,4-5H2,1H3. The lowest BCUT2D eigenvalue weighted by Crippen LogP contribution is -2.11. The molecule has 1 aromatic carbocycles. The van der Waals surface area contributed by atoms with Gasteiger partial charge in [0, 0.05) is 17.1 Å². The second kappa shape index (κ2) is 7.67. The van der Waals surface area contributed by atoms with Crippen LogP contribution in [-0.4, -0.2) is 26.3 Å². The van der Waals surface area contributed by atoms with Crippen molar-refractivity contribution >= 4 is 28.0 Å². The Morgan fingerprint density at radius 3 is 2.89 bits per heavy atom. The highest BCUT2D eigenvalue weighted by molar-refractivity contribution is 9.10. The molecule has 0 N–H and O–H groups in total. The summed E-state index contributed by atoms with van der Waals surface area (Å²) in [6, 6.07) is 5.92. The van der Waals surface area contributed by atoms with Crippen LogP contribution in [-0.2, 0) is 14.3 Å². The predicted molar refractivity (Wildman–Crippen MR) is 70.5 cm³/mol. The summed E-state index contributed by atoms with van der Waals surface area (Å²) in [5.41, 5.74) is -0.136. The summed E-state index contributed by atoms with van der Waals surface area (Å²) < 4.78 is 23.6. The van der Waals surface area contributed by atoms with E-state index in [-0.39, 0.29) is 24.4 Å². The summed E-state index contributed by atoms with van der Waals surface area (Å²) in [5, 5.41) is 8.89. The van der Waals surface area contributed by atoms with Gasteiger partial charge in [-0.1, -0.05) is 15.9 Å². The van der Waals surface area contributed by atoms with E-state index < -0.39 is 11.8 Å². The lowest BCUT2D eigenvalue weighted by molar-refractivity contribution is -0.139. The Labute approximate surface area is 118 Å². The number of carbonyl (C=O) groups is 1. The van der Waals surface area contributed by atoms with Crippen molar-refractivity contribution in [3.8, 4) is 6.07 Å². The summed E-state index contributed by atoms with van der Waals surface area (Å²) >= 11 is 3.18. The molecule has 0 fully saturated rings. The van der Waals surface area contributed by atoms with Crippen molar-refractivity contribution in [1.29, 1.82) is 5.26 Å². The summed E-state index contributed by atoms with van der Waals surface area (Å²) in [5.74, 6) is -1.33. The van der Waals surface area contributed by atoms with Gasteiger partial charge in [-0.2, -0.15) is 5.26 Å². The minimum Gasteiger partial charge on any atom is -0.459 e. The molecule has 0 saturated carbocycles. The zero-order chi connectivity index (χ0) is 14.3. The van der Waals surface area contributed by atoms with E-state index in [0.29, 0.717) is 4.47 Å². The molecule has 0 atom stereocenters. The first-order chi connectivity index (χ1) is 9.08. The first-order valence-electron chi connectivity index (χ1n) is 5.31. The average Bonchev–Trinajstić information content (AvgIpc) is 2.39. The Hall–Kier alpha value is -1.71. The second-order valence-corrected chi connectivity index (χ2v) is 4.38. The van der Waals surface area contributed by atoms with Crippen LogP contribution in [0.3, 0.4) is 0 Å². The molecule has 0 aliphatic heterocycles. The third-order valence-electron chi connectivity index (χ3n) is 2.12. The first kappa shape index (κ1) is 15.3. The molecule has 4 nitrogen and oxygen atoms in total. The maximum Gasteiger partial charge on any atom is 0.348 e. The minimum atomic E-state index is -0.807. The highest BCUT2D eigenvalue weighted by Crippen LogP contribution is 2.18. The SMILES string of the molecule is COCCOC(=O)C(C#N)=Cc1cc(Br)ccc1F. The van der Waals surface area contributed by atoms with E-state index in [1.54, 1.807) is 6.07 Å². The Bertz CT molecular complexity index is 537. The number of nitriles is 1. The van der Waals surface area contributed by atoms with Crippen LogP contribution in [0.5, 0.6) is 0 Å². The van der Waals surface area contributed by atoms with Gasteiger partial charge >= 0.3 is 5.97 Å². The number of methoxy groups -OCH3 is 1. The average molecular weight is 328 g/mol. The van der Waals surface area contributed by atoms with Crippen molar-refractivity contribution in [1.82, 2.24) is 0 Å². The summed E-state index contributed by atoms with van der Waals surface area (Å²) in [4.78, 5) is 11.5. The molecule has 100 valence electrons. The first-order valence-corrected chi connectivity index (χ1v) is 6.10. The molecule has 0 heterocycles. The maximum atomic E-state index is 13.5. The molecule has 0 aromatic heterocycles. The minimum absolute atomic E-state index is 0.0370. The van der Waals surface area contributed by atoms with Crippen LogP contribution in [0.2, 0.25) is 0 Å². The van der Waals surface area contributed by atoms with Crippen molar-refractivity contribution in [2.75, 3.05) is 20.3 Å². The topological polar surface area (TPSA) is 59.3 Å². The molecule has 0 radical (unpaired) electrons. The van der Waals surface area contributed by atoms with Crippen molar-refractivity contribution in [3.05, 3.63) is 39.6 Å². The van der Waals surface area contributed by atoms with Crippen LogP contribution in [0.25, 0.3) is 6.08 Å². The zero-order valence-corrected chi connectivity index (χ0v) is 11.7. The van der Waals surface area contributed by atoms with E-state index in [2.05, 4.69) is 15.9 Å². The van der Waals surface area contributed by atoms with Crippen molar-refractivity contribution in [3.63, 3.8) is 0 Å². The predicted octanol–water partition coefficient (Wildman–Crippen LogP) is 2.68. The van der Waals surface area contributed by atoms with E-state index in [1.807, 2.05) is 0 Å². The van der Waals surface area contributed by atoms with Crippen molar-refractivity contribution in [2.24, 2.45) is 0 Å². The summed E-state index contributed by atoms with van der Waals surface area (Å²) in [7, 11) is 1.46. The Morgan fingerprint density at radius 2 is 2.26 bits per heavy atom. The fourth-order valence-electron chi connectivity index (χ4n) is 1.21. The molecule has 0 bridgehead atoms. The van der Waals surface area contributed by atoms with E-state index in [0.717, 1.165) is 6.08 Å². The number of rotatable bonds is 5. The van der Waals surface area contributed by atoms with Crippen LogP contribution in [0.4, 0.5) is 4.39 Å². The Morgan fingerprint density at radius 1 is 1.53 bits per heavy atom. The third-order valence-corrected chi connectivity index (χ3v) is 2.61. The van der Waals surface area contributed by atoms with Gasteiger partial charge in [-0.05, 0) is 24.3 Å². The summed E-state index contributed by atoms with van der Waals surface area (Å²) in [6.07, 6.45) is 1.15. The van der Waals surface area contributed by atoms with Crippen LogP contribution in [0.1, 0.15) is 5.56 Å². The van der Waals surface area contributed by atoms with Crippen LogP contribution in [0, 0.1) is 17.1 Å². The number of esters is 1. The van der Waals surface area contributed by atoms with E-state index in [9.17, 15) is 9.18 Å². The van der Waals surface area contributed by atoms with Gasteiger partial charge in [-0.3, -0.25) is 0 Å². The van der Waals surface area contributed by atoms with Gasteiger partial charge in [-0.15, -0.1) is 0 Å². The van der Waals surface area contributed by atoms with Gasteiger partial charge in [0.2, 0.25) is 0 Å². The fourth-order valence-corrected chi connectivity index (χ4v) is 1.59. The second-order valence-electron chi connectivity index (χ2n) is 3.46. The highest BCUT2D eigenvalue weighted by atomic mass is 79.9. The Balaban J connectivity index is 2.90. The van der Waals surface area contributed by atoms with Gasteiger partial charge in [0.25, 0.3) is 0 Å². The number of hydrogen-bond acceptors (Lipinski definition) is 4. The quantitative estimate of drug-likeness (QED) is 0.361. The third kappa shape index (κ3) is 4.81.